The third kappa shape index (κ3) is 5.20. The van der Waals surface area contributed by atoms with Crippen LogP contribution in [0.15, 0.2) is 53.7 Å². The van der Waals surface area contributed by atoms with Gasteiger partial charge in [0.05, 0.1) is 18.9 Å². The van der Waals surface area contributed by atoms with Crippen LogP contribution in [0.3, 0.4) is 0 Å². The molecule has 0 aliphatic heterocycles. The Balaban J connectivity index is 1.78. The molecule has 0 saturated heterocycles. The lowest BCUT2D eigenvalue weighted by molar-refractivity contribution is -0.120. The van der Waals surface area contributed by atoms with Gasteiger partial charge in [-0.25, -0.2) is 9.18 Å². The largest absolute Gasteiger partial charge is 0.465 e. The summed E-state index contributed by atoms with van der Waals surface area (Å²) in [6, 6.07) is 11.9. The topological polar surface area (TPSA) is 77.0 Å². The molecule has 0 heterocycles. The predicted octanol–water partition coefficient (Wildman–Crippen LogP) is 2.60. The summed E-state index contributed by atoms with van der Waals surface area (Å²) in [5.74, 6) is -1.20. The van der Waals surface area contributed by atoms with Gasteiger partial charge in [0.15, 0.2) is 6.61 Å². The standard InChI is InChI=1S/C17H15FN2O4/c1-23-17(22)13-4-8-15(9-5-13)20-16(21)11-24-19-10-12-2-6-14(18)7-3-12/h2-10H,11H2,1H3,(H,20,21)/b19-10+. The highest BCUT2D eigenvalue weighted by Gasteiger charge is 2.06. The van der Waals surface area contributed by atoms with Crippen molar-refractivity contribution in [3.63, 3.8) is 0 Å². The molecule has 124 valence electrons. The second-order valence-electron chi connectivity index (χ2n) is 4.68. The first-order chi connectivity index (χ1) is 11.6. The van der Waals surface area contributed by atoms with Crippen LogP contribution in [0.4, 0.5) is 10.1 Å². The molecule has 0 aliphatic carbocycles. The number of carbonyl (C=O) groups is 2. The van der Waals surface area contributed by atoms with E-state index < -0.39 is 11.9 Å². The minimum Gasteiger partial charge on any atom is -0.465 e. The summed E-state index contributed by atoms with van der Waals surface area (Å²) in [5, 5.41) is 6.22. The maximum Gasteiger partial charge on any atom is 0.337 e. The monoisotopic (exact) mass is 330 g/mol. The van der Waals surface area contributed by atoms with Gasteiger partial charge in [-0.3, -0.25) is 4.79 Å². The number of benzene rings is 2. The summed E-state index contributed by atoms with van der Waals surface area (Å²) in [5.41, 5.74) is 1.55. The Morgan fingerprint density at radius 3 is 2.42 bits per heavy atom. The Hall–Kier alpha value is -3.22. The van der Waals surface area contributed by atoms with E-state index in [1.807, 2.05) is 0 Å². The third-order valence-electron chi connectivity index (χ3n) is 2.93. The average molecular weight is 330 g/mol. The van der Waals surface area contributed by atoms with E-state index in [-0.39, 0.29) is 12.4 Å². The van der Waals surface area contributed by atoms with Gasteiger partial charge in [0, 0.05) is 5.69 Å². The Kier molecular flexibility index (Phi) is 6.01. The van der Waals surface area contributed by atoms with Gasteiger partial charge >= 0.3 is 5.97 Å². The van der Waals surface area contributed by atoms with Gasteiger partial charge in [-0.15, -0.1) is 0 Å². The smallest absolute Gasteiger partial charge is 0.337 e. The maximum atomic E-state index is 12.7. The molecule has 0 aliphatic rings. The third-order valence-corrected chi connectivity index (χ3v) is 2.93. The molecular weight excluding hydrogens is 315 g/mol. The molecule has 2 aromatic rings. The quantitative estimate of drug-likeness (QED) is 0.502. The van der Waals surface area contributed by atoms with E-state index in [2.05, 4.69) is 15.2 Å². The van der Waals surface area contributed by atoms with Crippen molar-refractivity contribution >= 4 is 23.8 Å². The lowest BCUT2D eigenvalue weighted by Crippen LogP contribution is -2.17. The van der Waals surface area contributed by atoms with Gasteiger partial charge in [-0.05, 0) is 42.0 Å². The zero-order valence-corrected chi connectivity index (χ0v) is 12.9. The zero-order valence-electron chi connectivity index (χ0n) is 12.9. The fraction of sp³-hybridized carbons (Fsp3) is 0.118. The molecule has 0 spiro atoms. The molecule has 2 rings (SSSR count). The van der Waals surface area contributed by atoms with Crippen molar-refractivity contribution in [1.82, 2.24) is 0 Å². The van der Waals surface area contributed by atoms with E-state index in [4.69, 9.17) is 4.84 Å². The van der Waals surface area contributed by atoms with Gasteiger partial charge in [0.2, 0.25) is 0 Å². The van der Waals surface area contributed by atoms with E-state index >= 15 is 0 Å². The van der Waals surface area contributed by atoms with E-state index in [1.165, 1.54) is 49.7 Å². The first-order valence-electron chi connectivity index (χ1n) is 6.97. The molecular formula is C17H15FN2O4. The summed E-state index contributed by atoms with van der Waals surface area (Å²) in [6.45, 7) is -0.281. The number of nitrogens with zero attached hydrogens (tertiary/aromatic N) is 1. The number of halogens is 1. The molecule has 0 unspecified atom stereocenters. The number of esters is 1. The molecule has 1 amide bonds. The number of hydrogen-bond donors (Lipinski definition) is 1. The fourth-order valence-corrected chi connectivity index (χ4v) is 1.75. The van der Waals surface area contributed by atoms with Crippen LogP contribution in [0.2, 0.25) is 0 Å². The molecule has 0 fully saturated rings. The fourth-order valence-electron chi connectivity index (χ4n) is 1.75. The van der Waals surface area contributed by atoms with Crippen molar-refractivity contribution in [2.75, 3.05) is 19.0 Å². The number of rotatable bonds is 6. The second kappa shape index (κ2) is 8.42. The van der Waals surface area contributed by atoms with E-state index in [0.29, 0.717) is 16.8 Å². The predicted molar refractivity (Wildman–Crippen MR) is 86.4 cm³/mol. The van der Waals surface area contributed by atoms with Crippen LogP contribution in [-0.2, 0) is 14.4 Å². The van der Waals surface area contributed by atoms with Crippen LogP contribution >= 0.6 is 0 Å². The van der Waals surface area contributed by atoms with E-state index in [1.54, 1.807) is 12.1 Å². The Morgan fingerprint density at radius 2 is 1.79 bits per heavy atom. The highest BCUT2D eigenvalue weighted by molar-refractivity contribution is 5.93. The Bertz CT molecular complexity index is 727. The van der Waals surface area contributed by atoms with Crippen molar-refractivity contribution in [1.29, 1.82) is 0 Å². The molecule has 0 saturated carbocycles. The SMILES string of the molecule is COC(=O)c1ccc(NC(=O)CO/N=C/c2ccc(F)cc2)cc1. The first-order valence-corrected chi connectivity index (χ1v) is 6.97. The molecule has 0 radical (unpaired) electrons. The molecule has 0 aromatic heterocycles. The maximum absolute atomic E-state index is 12.7. The molecule has 0 atom stereocenters. The van der Waals surface area contributed by atoms with Crippen molar-refractivity contribution in [3.8, 4) is 0 Å². The van der Waals surface area contributed by atoms with Gasteiger partial charge in [0.1, 0.15) is 5.82 Å². The minimum atomic E-state index is -0.452. The minimum absolute atomic E-state index is 0.281. The zero-order chi connectivity index (χ0) is 17.4. The average Bonchev–Trinajstić information content (AvgIpc) is 2.60. The molecule has 6 nitrogen and oxygen atoms in total. The molecule has 0 bridgehead atoms. The lowest BCUT2D eigenvalue weighted by atomic mass is 10.2. The number of anilines is 1. The number of carbonyl (C=O) groups excluding carboxylic acids is 2. The van der Waals surface area contributed by atoms with Crippen LogP contribution < -0.4 is 5.32 Å². The molecule has 7 heteroatoms. The first kappa shape index (κ1) is 17.1. The van der Waals surface area contributed by atoms with Crippen LogP contribution in [0.25, 0.3) is 0 Å². The van der Waals surface area contributed by atoms with Crippen molar-refractivity contribution in [2.45, 2.75) is 0 Å². The van der Waals surface area contributed by atoms with Crippen LogP contribution in [-0.4, -0.2) is 31.8 Å². The van der Waals surface area contributed by atoms with Crippen molar-refractivity contribution in [3.05, 3.63) is 65.5 Å². The normalized spacial score (nSPS) is 10.4. The molecule has 2 aromatic carbocycles. The number of amides is 1. The van der Waals surface area contributed by atoms with Crippen LogP contribution in [0.5, 0.6) is 0 Å². The number of ether oxygens (including phenoxy) is 1. The number of nitrogens with one attached hydrogen (secondary N) is 1. The highest BCUT2D eigenvalue weighted by atomic mass is 19.1. The van der Waals surface area contributed by atoms with Crippen molar-refractivity contribution < 1.29 is 23.6 Å². The van der Waals surface area contributed by atoms with Gasteiger partial charge in [-0.2, -0.15) is 0 Å². The van der Waals surface area contributed by atoms with E-state index in [9.17, 15) is 14.0 Å². The summed E-state index contributed by atoms with van der Waals surface area (Å²) < 4.78 is 17.3. The number of oxime groups is 1. The van der Waals surface area contributed by atoms with Gasteiger partial charge in [0.25, 0.3) is 5.91 Å². The summed E-state index contributed by atoms with van der Waals surface area (Å²) in [6.07, 6.45) is 1.37. The summed E-state index contributed by atoms with van der Waals surface area (Å²) in [4.78, 5) is 27.9. The summed E-state index contributed by atoms with van der Waals surface area (Å²) >= 11 is 0. The number of hydrogen-bond acceptors (Lipinski definition) is 5. The van der Waals surface area contributed by atoms with Gasteiger partial charge in [-0.1, -0.05) is 17.3 Å². The Morgan fingerprint density at radius 1 is 1.12 bits per heavy atom. The molecule has 24 heavy (non-hydrogen) atoms. The Labute approximate surface area is 137 Å². The van der Waals surface area contributed by atoms with Gasteiger partial charge < -0.3 is 14.9 Å². The number of methoxy groups -OCH3 is 1. The van der Waals surface area contributed by atoms with E-state index in [0.717, 1.165) is 0 Å². The van der Waals surface area contributed by atoms with Crippen LogP contribution in [0.1, 0.15) is 15.9 Å². The highest BCUT2D eigenvalue weighted by Crippen LogP contribution is 2.10. The van der Waals surface area contributed by atoms with Crippen molar-refractivity contribution in [2.24, 2.45) is 5.16 Å². The molecule has 1 N–H and O–H groups in total. The summed E-state index contributed by atoms with van der Waals surface area (Å²) in [7, 11) is 1.29. The second-order valence-corrected chi connectivity index (χ2v) is 4.68. The van der Waals surface area contributed by atoms with Crippen LogP contribution in [0, 0.1) is 5.82 Å². The lowest BCUT2D eigenvalue weighted by Gasteiger charge is -2.05.